The fraction of sp³-hybridized carbons (Fsp3) is 0.500. The lowest BCUT2D eigenvalue weighted by Gasteiger charge is -2.34. The third-order valence-electron chi connectivity index (χ3n) is 4.74. The molecule has 2 aromatic rings. The summed E-state index contributed by atoms with van der Waals surface area (Å²) < 4.78 is 3.47. The van der Waals surface area contributed by atoms with Crippen molar-refractivity contribution in [2.75, 3.05) is 32.7 Å². The van der Waals surface area contributed by atoms with Crippen molar-refractivity contribution in [1.29, 1.82) is 0 Å². The Balaban J connectivity index is 1.55. The highest BCUT2D eigenvalue weighted by Gasteiger charge is 2.24. The van der Waals surface area contributed by atoms with E-state index in [0.717, 1.165) is 31.9 Å². The van der Waals surface area contributed by atoms with Crippen molar-refractivity contribution in [3.63, 3.8) is 0 Å². The summed E-state index contributed by atoms with van der Waals surface area (Å²) in [5.41, 5.74) is 2.23. The highest BCUT2D eigenvalue weighted by molar-refractivity contribution is 5.93. The molecule has 0 bridgehead atoms. The summed E-state index contributed by atoms with van der Waals surface area (Å²) in [6, 6.07) is 5.43. The topological polar surface area (TPSA) is 63.4 Å². The molecule has 0 N–H and O–H groups in total. The summed E-state index contributed by atoms with van der Waals surface area (Å²) in [6.07, 6.45) is 1.66. The third-order valence-corrected chi connectivity index (χ3v) is 4.74. The van der Waals surface area contributed by atoms with Gasteiger partial charge in [-0.05, 0) is 32.0 Å². The molecule has 0 atom stereocenters. The zero-order chi connectivity index (χ0) is 18.0. The van der Waals surface area contributed by atoms with E-state index in [1.807, 2.05) is 11.6 Å². The summed E-state index contributed by atoms with van der Waals surface area (Å²) >= 11 is 0. The summed E-state index contributed by atoms with van der Waals surface area (Å²) in [4.78, 5) is 28.8. The summed E-state index contributed by atoms with van der Waals surface area (Å²) in [6.45, 7) is 8.76. The van der Waals surface area contributed by atoms with Crippen LogP contribution in [0.15, 0.2) is 29.2 Å². The number of aryl methyl sites for hydroxylation is 3. The predicted molar refractivity (Wildman–Crippen MR) is 95.7 cm³/mol. The Morgan fingerprint density at radius 1 is 1.16 bits per heavy atom. The minimum Gasteiger partial charge on any atom is -0.336 e. The van der Waals surface area contributed by atoms with Gasteiger partial charge in [0, 0.05) is 51.7 Å². The van der Waals surface area contributed by atoms with Crippen molar-refractivity contribution in [2.24, 2.45) is 7.05 Å². The minimum absolute atomic E-state index is 0.167. The van der Waals surface area contributed by atoms with Crippen LogP contribution in [0.1, 0.15) is 21.7 Å². The smallest absolute Gasteiger partial charge is 0.263 e. The quantitative estimate of drug-likeness (QED) is 0.818. The Morgan fingerprint density at radius 2 is 1.88 bits per heavy atom. The second-order valence-corrected chi connectivity index (χ2v) is 6.62. The fourth-order valence-electron chi connectivity index (χ4n) is 3.24. The van der Waals surface area contributed by atoms with Crippen LogP contribution >= 0.6 is 0 Å². The minimum atomic E-state index is -0.237. The zero-order valence-corrected chi connectivity index (χ0v) is 15.1. The SMILES string of the molecule is Cc1cc(C)n(CCN2CCN(C(=O)c3cccn(C)c3=O)CC2)n1. The van der Waals surface area contributed by atoms with Gasteiger partial charge in [-0.2, -0.15) is 5.10 Å². The molecule has 1 fully saturated rings. The van der Waals surface area contributed by atoms with E-state index in [0.29, 0.717) is 13.1 Å². The van der Waals surface area contributed by atoms with Gasteiger partial charge >= 0.3 is 0 Å². The van der Waals surface area contributed by atoms with Gasteiger partial charge in [-0.1, -0.05) is 0 Å². The van der Waals surface area contributed by atoms with Crippen LogP contribution in [0.5, 0.6) is 0 Å². The third kappa shape index (κ3) is 3.82. The number of rotatable bonds is 4. The van der Waals surface area contributed by atoms with Crippen LogP contribution in [0.3, 0.4) is 0 Å². The molecule has 134 valence electrons. The van der Waals surface area contributed by atoms with Gasteiger partial charge < -0.3 is 9.47 Å². The number of aromatic nitrogens is 3. The molecule has 1 aliphatic heterocycles. The monoisotopic (exact) mass is 343 g/mol. The molecule has 3 rings (SSSR count). The Bertz CT molecular complexity index is 815. The first kappa shape index (κ1) is 17.4. The van der Waals surface area contributed by atoms with Crippen LogP contribution in [0.25, 0.3) is 0 Å². The molecule has 0 aliphatic carbocycles. The molecule has 1 saturated heterocycles. The summed E-state index contributed by atoms with van der Waals surface area (Å²) in [7, 11) is 1.66. The Labute approximate surface area is 147 Å². The summed E-state index contributed by atoms with van der Waals surface area (Å²) in [5.74, 6) is -0.167. The van der Waals surface area contributed by atoms with Crippen LogP contribution in [-0.2, 0) is 13.6 Å². The standard InChI is InChI=1S/C18H25N5O2/c1-14-13-15(2)23(19-14)12-9-21-7-10-22(11-8-21)18(25)16-5-4-6-20(3)17(16)24/h4-6,13H,7-12H2,1-3H3. The Hall–Kier alpha value is -2.41. The molecule has 2 aromatic heterocycles. The lowest BCUT2D eigenvalue weighted by Crippen LogP contribution is -2.50. The molecule has 7 nitrogen and oxygen atoms in total. The Morgan fingerprint density at radius 3 is 2.52 bits per heavy atom. The number of hydrogen-bond acceptors (Lipinski definition) is 4. The van der Waals surface area contributed by atoms with Crippen LogP contribution in [-0.4, -0.2) is 62.8 Å². The molecule has 3 heterocycles. The van der Waals surface area contributed by atoms with Crippen molar-refractivity contribution in [2.45, 2.75) is 20.4 Å². The highest BCUT2D eigenvalue weighted by Crippen LogP contribution is 2.07. The van der Waals surface area contributed by atoms with Crippen molar-refractivity contribution < 1.29 is 4.79 Å². The number of pyridine rings is 1. The van der Waals surface area contributed by atoms with Gasteiger partial charge in [0.15, 0.2) is 0 Å². The van der Waals surface area contributed by atoms with E-state index in [2.05, 4.69) is 23.0 Å². The first-order valence-corrected chi connectivity index (χ1v) is 8.64. The van der Waals surface area contributed by atoms with Crippen LogP contribution in [0.4, 0.5) is 0 Å². The first-order valence-electron chi connectivity index (χ1n) is 8.64. The van der Waals surface area contributed by atoms with E-state index < -0.39 is 0 Å². The van der Waals surface area contributed by atoms with Gasteiger partial charge in [0.05, 0.1) is 12.2 Å². The molecule has 0 radical (unpaired) electrons. The molecule has 0 spiro atoms. The van der Waals surface area contributed by atoms with Crippen molar-refractivity contribution >= 4 is 5.91 Å². The highest BCUT2D eigenvalue weighted by atomic mass is 16.2. The number of carbonyl (C=O) groups excluding carboxylic acids is 1. The average Bonchev–Trinajstić information content (AvgIpc) is 2.93. The second-order valence-electron chi connectivity index (χ2n) is 6.62. The Kier molecular flexibility index (Phi) is 5.03. The normalized spacial score (nSPS) is 15.6. The molecule has 0 unspecified atom stereocenters. The lowest BCUT2D eigenvalue weighted by atomic mass is 10.2. The second kappa shape index (κ2) is 7.23. The maximum absolute atomic E-state index is 12.6. The van der Waals surface area contributed by atoms with E-state index in [1.165, 1.54) is 10.3 Å². The van der Waals surface area contributed by atoms with Crippen molar-refractivity contribution in [3.05, 3.63) is 51.7 Å². The van der Waals surface area contributed by atoms with E-state index in [9.17, 15) is 9.59 Å². The fourth-order valence-corrected chi connectivity index (χ4v) is 3.24. The molecule has 25 heavy (non-hydrogen) atoms. The number of nitrogens with zero attached hydrogens (tertiary/aromatic N) is 5. The molecule has 7 heteroatoms. The van der Waals surface area contributed by atoms with E-state index in [-0.39, 0.29) is 17.0 Å². The molecule has 1 aliphatic rings. The maximum atomic E-state index is 12.6. The predicted octanol–water partition coefficient (Wildman–Crippen LogP) is 0.657. The van der Waals surface area contributed by atoms with Crippen molar-refractivity contribution in [3.8, 4) is 0 Å². The molecule has 0 aromatic carbocycles. The number of carbonyl (C=O) groups is 1. The van der Waals surface area contributed by atoms with Crippen LogP contribution in [0, 0.1) is 13.8 Å². The van der Waals surface area contributed by atoms with E-state index in [1.54, 1.807) is 30.3 Å². The molecular formula is C18H25N5O2. The number of hydrogen-bond donors (Lipinski definition) is 0. The zero-order valence-electron chi connectivity index (χ0n) is 15.1. The van der Waals surface area contributed by atoms with Gasteiger partial charge in [0.1, 0.15) is 5.56 Å². The van der Waals surface area contributed by atoms with Crippen LogP contribution in [0.2, 0.25) is 0 Å². The number of amides is 1. The average molecular weight is 343 g/mol. The lowest BCUT2D eigenvalue weighted by molar-refractivity contribution is 0.0629. The van der Waals surface area contributed by atoms with Gasteiger partial charge in [-0.25, -0.2) is 0 Å². The van der Waals surface area contributed by atoms with Gasteiger partial charge in [0.25, 0.3) is 11.5 Å². The van der Waals surface area contributed by atoms with E-state index in [4.69, 9.17) is 0 Å². The van der Waals surface area contributed by atoms with Gasteiger partial charge in [0.2, 0.25) is 0 Å². The molecule has 0 saturated carbocycles. The maximum Gasteiger partial charge on any atom is 0.263 e. The van der Waals surface area contributed by atoms with Crippen molar-refractivity contribution in [1.82, 2.24) is 24.1 Å². The number of piperazine rings is 1. The van der Waals surface area contributed by atoms with Crippen LogP contribution < -0.4 is 5.56 Å². The summed E-state index contributed by atoms with van der Waals surface area (Å²) in [5, 5.41) is 4.48. The van der Waals surface area contributed by atoms with Gasteiger partial charge in [-0.15, -0.1) is 0 Å². The molecular weight excluding hydrogens is 318 g/mol. The molecule has 1 amide bonds. The largest absolute Gasteiger partial charge is 0.336 e. The van der Waals surface area contributed by atoms with Gasteiger partial charge in [-0.3, -0.25) is 19.2 Å². The van der Waals surface area contributed by atoms with E-state index >= 15 is 0 Å². The first-order chi connectivity index (χ1) is 12.0.